The lowest BCUT2D eigenvalue weighted by Crippen LogP contribution is -2.18. The lowest BCUT2D eigenvalue weighted by Gasteiger charge is -2.25. The van der Waals surface area contributed by atoms with Gasteiger partial charge in [0.2, 0.25) is 0 Å². The molecule has 16 heavy (non-hydrogen) atoms. The van der Waals surface area contributed by atoms with E-state index >= 15 is 0 Å². The molecule has 0 amide bonds. The SMILES string of the molecule is C=CCC1CCC(=NC2CCCCC2)CC1. The molecule has 0 bridgehead atoms. The molecule has 1 heteroatoms. The molecule has 1 nitrogen and oxygen atoms in total. The second-order valence-corrected chi connectivity index (χ2v) is 5.45. The van der Waals surface area contributed by atoms with Gasteiger partial charge in [-0.15, -0.1) is 6.58 Å². The summed E-state index contributed by atoms with van der Waals surface area (Å²) in [5.74, 6) is 0.891. The molecule has 0 radical (unpaired) electrons. The number of rotatable bonds is 3. The van der Waals surface area contributed by atoms with E-state index in [1.165, 1.54) is 69.9 Å². The van der Waals surface area contributed by atoms with E-state index in [-0.39, 0.29) is 0 Å². The molecule has 0 heterocycles. The number of aliphatic imine (C=N–C) groups is 1. The summed E-state index contributed by atoms with van der Waals surface area (Å²) < 4.78 is 0. The van der Waals surface area contributed by atoms with Gasteiger partial charge >= 0.3 is 0 Å². The van der Waals surface area contributed by atoms with Crippen molar-refractivity contribution < 1.29 is 0 Å². The van der Waals surface area contributed by atoms with Gasteiger partial charge in [0.05, 0.1) is 0 Å². The molecular weight excluding hydrogens is 194 g/mol. The first-order chi connectivity index (χ1) is 7.88. The van der Waals surface area contributed by atoms with Crippen LogP contribution in [-0.2, 0) is 0 Å². The summed E-state index contributed by atoms with van der Waals surface area (Å²) in [6.45, 7) is 3.84. The summed E-state index contributed by atoms with van der Waals surface area (Å²) in [4.78, 5) is 4.98. The van der Waals surface area contributed by atoms with Gasteiger partial charge in [0, 0.05) is 11.8 Å². The third kappa shape index (κ3) is 3.47. The molecule has 2 rings (SSSR count). The van der Waals surface area contributed by atoms with Gasteiger partial charge in [-0.1, -0.05) is 25.3 Å². The summed E-state index contributed by atoms with van der Waals surface area (Å²) in [5, 5.41) is 0. The first kappa shape index (κ1) is 11.9. The van der Waals surface area contributed by atoms with Crippen molar-refractivity contribution in [3.8, 4) is 0 Å². The molecule has 0 unspecified atom stereocenters. The van der Waals surface area contributed by atoms with E-state index < -0.39 is 0 Å². The van der Waals surface area contributed by atoms with Crippen LogP contribution >= 0.6 is 0 Å². The van der Waals surface area contributed by atoms with E-state index in [1.54, 1.807) is 0 Å². The van der Waals surface area contributed by atoms with Crippen molar-refractivity contribution in [2.45, 2.75) is 70.3 Å². The normalized spacial score (nSPS) is 27.8. The Balaban J connectivity index is 1.78. The van der Waals surface area contributed by atoms with E-state index in [4.69, 9.17) is 4.99 Å². The van der Waals surface area contributed by atoms with Crippen molar-refractivity contribution in [3.63, 3.8) is 0 Å². The van der Waals surface area contributed by atoms with Crippen LogP contribution in [0.2, 0.25) is 0 Å². The highest BCUT2D eigenvalue weighted by atomic mass is 14.8. The van der Waals surface area contributed by atoms with Crippen LogP contribution < -0.4 is 0 Å². The fourth-order valence-electron chi connectivity index (χ4n) is 3.08. The monoisotopic (exact) mass is 219 g/mol. The summed E-state index contributed by atoms with van der Waals surface area (Å²) in [5.41, 5.74) is 1.52. The van der Waals surface area contributed by atoms with Crippen molar-refractivity contribution in [2.24, 2.45) is 10.9 Å². The van der Waals surface area contributed by atoms with Crippen LogP contribution in [0.25, 0.3) is 0 Å². The molecule has 0 aromatic rings. The molecular formula is C15H25N. The van der Waals surface area contributed by atoms with Gasteiger partial charge in [-0.25, -0.2) is 0 Å². The molecule has 2 aliphatic rings. The molecule has 2 aliphatic carbocycles. The average molecular weight is 219 g/mol. The van der Waals surface area contributed by atoms with Crippen LogP contribution in [0.5, 0.6) is 0 Å². The van der Waals surface area contributed by atoms with Gasteiger partial charge in [-0.05, 0) is 50.9 Å². The predicted octanol–water partition coefficient (Wildman–Crippen LogP) is 4.53. The fourth-order valence-corrected chi connectivity index (χ4v) is 3.08. The highest BCUT2D eigenvalue weighted by Crippen LogP contribution is 2.27. The van der Waals surface area contributed by atoms with E-state index in [2.05, 4.69) is 12.7 Å². The smallest absolute Gasteiger partial charge is 0.0499 e. The zero-order valence-corrected chi connectivity index (χ0v) is 10.5. The van der Waals surface area contributed by atoms with Crippen molar-refractivity contribution in [2.75, 3.05) is 0 Å². The van der Waals surface area contributed by atoms with Crippen LogP contribution in [0.1, 0.15) is 64.2 Å². The minimum absolute atomic E-state index is 0.680. The molecule has 0 N–H and O–H groups in total. The Morgan fingerprint density at radius 2 is 1.75 bits per heavy atom. The molecule has 2 fully saturated rings. The van der Waals surface area contributed by atoms with Crippen LogP contribution in [-0.4, -0.2) is 11.8 Å². The second kappa shape index (κ2) is 6.22. The molecule has 0 saturated heterocycles. The predicted molar refractivity (Wildman–Crippen MR) is 71.1 cm³/mol. The first-order valence-corrected chi connectivity index (χ1v) is 7.05. The van der Waals surface area contributed by atoms with Gasteiger partial charge in [0.1, 0.15) is 0 Å². The molecule has 90 valence electrons. The van der Waals surface area contributed by atoms with Crippen molar-refractivity contribution in [1.29, 1.82) is 0 Å². The van der Waals surface area contributed by atoms with Crippen molar-refractivity contribution in [3.05, 3.63) is 12.7 Å². The van der Waals surface area contributed by atoms with E-state index in [0.29, 0.717) is 6.04 Å². The summed E-state index contributed by atoms with van der Waals surface area (Å²) in [6, 6.07) is 0.680. The molecule has 0 atom stereocenters. The second-order valence-electron chi connectivity index (χ2n) is 5.45. The van der Waals surface area contributed by atoms with Gasteiger partial charge in [-0.3, -0.25) is 4.99 Å². The summed E-state index contributed by atoms with van der Waals surface area (Å²) in [6.07, 6.45) is 15.4. The van der Waals surface area contributed by atoms with Gasteiger partial charge in [0.25, 0.3) is 0 Å². The Morgan fingerprint density at radius 1 is 1.06 bits per heavy atom. The lowest BCUT2D eigenvalue weighted by atomic mass is 9.85. The van der Waals surface area contributed by atoms with Crippen molar-refractivity contribution >= 4 is 5.71 Å². The maximum absolute atomic E-state index is 4.98. The number of hydrogen-bond donors (Lipinski definition) is 0. The zero-order valence-electron chi connectivity index (χ0n) is 10.5. The number of hydrogen-bond acceptors (Lipinski definition) is 1. The summed E-state index contributed by atoms with van der Waals surface area (Å²) >= 11 is 0. The minimum Gasteiger partial charge on any atom is -0.291 e. The van der Waals surface area contributed by atoms with Crippen LogP contribution in [0.4, 0.5) is 0 Å². The standard InChI is InChI=1S/C15H25N/c1-2-6-13-9-11-15(12-10-13)16-14-7-4-3-5-8-14/h2,13-14H,1,3-12H2. The molecule has 2 saturated carbocycles. The minimum atomic E-state index is 0.680. The Labute approximate surface area is 100 Å². The Hall–Kier alpha value is -0.590. The lowest BCUT2D eigenvalue weighted by molar-refractivity contribution is 0.426. The van der Waals surface area contributed by atoms with Crippen LogP contribution in [0, 0.1) is 5.92 Å². The fraction of sp³-hybridized carbons (Fsp3) is 0.800. The van der Waals surface area contributed by atoms with Gasteiger partial charge in [0.15, 0.2) is 0 Å². The highest BCUT2D eigenvalue weighted by Gasteiger charge is 2.18. The van der Waals surface area contributed by atoms with Crippen molar-refractivity contribution in [1.82, 2.24) is 0 Å². The topological polar surface area (TPSA) is 12.4 Å². The largest absolute Gasteiger partial charge is 0.291 e. The Morgan fingerprint density at radius 3 is 2.38 bits per heavy atom. The van der Waals surface area contributed by atoms with E-state index in [1.807, 2.05) is 0 Å². The van der Waals surface area contributed by atoms with Crippen LogP contribution in [0.15, 0.2) is 17.6 Å². The highest BCUT2D eigenvalue weighted by molar-refractivity contribution is 5.85. The zero-order chi connectivity index (χ0) is 11.2. The third-order valence-electron chi connectivity index (χ3n) is 4.12. The van der Waals surface area contributed by atoms with Gasteiger partial charge in [-0.2, -0.15) is 0 Å². The molecule has 0 spiro atoms. The van der Waals surface area contributed by atoms with E-state index in [9.17, 15) is 0 Å². The third-order valence-corrected chi connectivity index (χ3v) is 4.12. The Kier molecular flexibility index (Phi) is 4.62. The maximum Gasteiger partial charge on any atom is 0.0499 e. The van der Waals surface area contributed by atoms with Crippen LogP contribution in [0.3, 0.4) is 0 Å². The average Bonchev–Trinajstić information content (AvgIpc) is 2.33. The quantitative estimate of drug-likeness (QED) is 0.619. The maximum atomic E-state index is 4.98. The molecule has 0 aliphatic heterocycles. The summed E-state index contributed by atoms with van der Waals surface area (Å²) in [7, 11) is 0. The van der Waals surface area contributed by atoms with E-state index in [0.717, 1.165) is 5.92 Å². The number of allylic oxidation sites excluding steroid dienone is 1. The Bertz CT molecular complexity index is 238. The number of nitrogens with zero attached hydrogens (tertiary/aromatic N) is 1. The molecule has 0 aromatic heterocycles. The molecule has 0 aromatic carbocycles. The first-order valence-electron chi connectivity index (χ1n) is 7.05. The van der Waals surface area contributed by atoms with Gasteiger partial charge < -0.3 is 0 Å².